The molecule has 0 aromatic carbocycles. The summed E-state index contributed by atoms with van der Waals surface area (Å²) in [5, 5.41) is 58.5. The van der Waals surface area contributed by atoms with Gasteiger partial charge in [0.25, 0.3) is 5.56 Å². The molecule has 3 rings (SSSR count). The molecule has 44 heavy (non-hydrogen) atoms. The second-order valence-corrected chi connectivity index (χ2v) is 15.0. The maximum atomic E-state index is 12.2. The van der Waals surface area contributed by atoms with Crippen molar-refractivity contribution in [3.05, 3.63) is 33.1 Å². The number of aromatic nitrogens is 2. The number of hydrogen-bond donors (Lipinski definition) is 11. The van der Waals surface area contributed by atoms with Crippen molar-refractivity contribution in [2.24, 2.45) is 0 Å². The van der Waals surface area contributed by atoms with Crippen LogP contribution in [0.4, 0.5) is 0 Å². The molecule has 2 fully saturated rings. The maximum Gasteiger partial charge on any atom is 0.490 e. The number of nitrogens with zero attached hydrogens (tertiary/aromatic N) is 1. The van der Waals surface area contributed by atoms with Crippen LogP contribution in [-0.2, 0) is 49.7 Å². The van der Waals surface area contributed by atoms with E-state index in [1.807, 2.05) is 4.98 Å². The van der Waals surface area contributed by atoms with E-state index in [4.69, 9.17) is 14.6 Å². The van der Waals surface area contributed by atoms with Crippen molar-refractivity contribution in [3.8, 4) is 0 Å². The molecule has 2 saturated heterocycles. The number of aliphatic hydroxyl groups excluding tert-OH is 6. The number of ether oxygens (including phenoxy) is 2. The summed E-state index contributed by atoms with van der Waals surface area (Å²) in [5.74, 6) is 0. The number of H-pyrrole nitrogens is 1. The van der Waals surface area contributed by atoms with Crippen LogP contribution in [0.25, 0.3) is 0 Å². The second-order valence-electron chi connectivity index (χ2n) is 8.78. The minimum atomic E-state index is -6.28. The molecule has 11 N–H and O–H groups in total. The van der Waals surface area contributed by atoms with Gasteiger partial charge in [-0.3, -0.25) is 23.4 Å². The molecule has 1 aromatic heterocycles. The van der Waals surface area contributed by atoms with E-state index in [1.54, 1.807) is 0 Å². The molecule has 1 aromatic rings. The zero-order valence-corrected chi connectivity index (χ0v) is 24.9. The Hall–Kier alpha value is -1.08. The molecule has 0 radical (unpaired) electrons. The lowest BCUT2D eigenvalue weighted by Gasteiger charge is -2.39. The van der Waals surface area contributed by atoms with Crippen LogP contribution in [0.1, 0.15) is 6.23 Å². The van der Waals surface area contributed by atoms with Crippen LogP contribution in [-0.4, -0.2) is 122 Å². The van der Waals surface area contributed by atoms with E-state index in [1.165, 1.54) is 0 Å². The zero-order chi connectivity index (χ0) is 33.4. The molecular weight excluding hydrogens is 700 g/mol. The lowest BCUT2D eigenvalue weighted by atomic mass is 10.00. The maximum absolute atomic E-state index is 12.2. The Morgan fingerprint density at radius 2 is 1.30 bits per heavy atom. The van der Waals surface area contributed by atoms with Crippen LogP contribution in [0, 0.1) is 0 Å². The van der Waals surface area contributed by atoms with E-state index in [0.29, 0.717) is 4.57 Å². The van der Waals surface area contributed by atoms with Crippen LogP contribution >= 0.6 is 31.3 Å². The monoisotopic (exact) mass is 726 g/mol. The molecule has 0 spiro atoms. The van der Waals surface area contributed by atoms with Crippen molar-refractivity contribution in [3.63, 3.8) is 0 Å². The largest absolute Gasteiger partial charge is 0.490 e. The number of hydrogen-bond acceptors (Lipinski definition) is 19. The Kier molecular flexibility index (Phi) is 11.9. The number of aromatic amines is 1. The first kappa shape index (κ1) is 37.4. The quantitative estimate of drug-likeness (QED) is 0.0852. The van der Waals surface area contributed by atoms with Gasteiger partial charge in [0.05, 0.1) is 13.2 Å². The van der Waals surface area contributed by atoms with Gasteiger partial charge in [0.1, 0.15) is 42.7 Å². The van der Waals surface area contributed by atoms with E-state index < -0.39 is 111 Å². The van der Waals surface area contributed by atoms with E-state index in [-0.39, 0.29) is 0 Å². The minimum Gasteiger partial charge on any atom is -0.394 e. The standard InChI is InChI=1S/C15H26N2O23P4/c18-3-5-8(20)10(22)12(24)14(36-5)37-42(28,29)39-44(32,33)40-43(30,31)38-41(26,27)34-4-6-9(21)11(23)13(35-6)17-2-1-7(19)16-15(17)25/h1-2,5-6,8-14,18,20-24H,3-4H2,(H,26,27)(H,28,29)(H,30,31)(H,32,33)(H,16,19,25)/t5-,6-,8-,9-,10-,11-,12-,13-,14-/m1/s1. The highest BCUT2D eigenvalue weighted by atomic mass is 31.3. The lowest BCUT2D eigenvalue weighted by molar-refractivity contribution is -0.280. The van der Waals surface area contributed by atoms with Gasteiger partial charge >= 0.3 is 37.0 Å². The fraction of sp³-hybridized carbons (Fsp3) is 0.733. The predicted octanol–water partition coefficient (Wildman–Crippen LogP) is -4.56. The highest BCUT2D eigenvalue weighted by molar-refractivity contribution is 7.69. The third kappa shape index (κ3) is 9.48. The Bertz CT molecular complexity index is 1480. The van der Waals surface area contributed by atoms with Gasteiger partial charge in [-0.15, -0.1) is 0 Å². The molecule has 29 heteroatoms. The van der Waals surface area contributed by atoms with Crippen molar-refractivity contribution < 1.29 is 99.9 Å². The number of rotatable bonds is 13. The minimum absolute atomic E-state index is 0.639. The summed E-state index contributed by atoms with van der Waals surface area (Å²) < 4.78 is 78.7. The van der Waals surface area contributed by atoms with Crippen LogP contribution < -0.4 is 11.2 Å². The van der Waals surface area contributed by atoms with Crippen molar-refractivity contribution in [2.75, 3.05) is 13.2 Å². The van der Waals surface area contributed by atoms with Crippen LogP contribution in [0.2, 0.25) is 0 Å². The molecule has 0 amide bonds. The molecule has 3 heterocycles. The van der Waals surface area contributed by atoms with Crippen LogP contribution in [0.3, 0.4) is 0 Å². The van der Waals surface area contributed by atoms with E-state index in [0.717, 1.165) is 12.3 Å². The summed E-state index contributed by atoms with van der Waals surface area (Å²) in [6.07, 6.45) is -16.8. The zero-order valence-electron chi connectivity index (χ0n) is 21.3. The number of phosphoric ester groups is 2. The summed E-state index contributed by atoms with van der Waals surface area (Å²) in [6, 6.07) is 0.864. The SMILES string of the molecule is O=c1ccn([C@@H]2O[C@H](COP(=O)(O)OP(=O)(O)OP(=O)(O)OP(=O)(O)O[C@H]3O[C@H](CO)[C@@H](O)[C@@H](O)[C@H]3O)[C@@H](O)[C@H]2O)c(=O)[nH]1. The fourth-order valence-electron chi connectivity index (χ4n) is 3.64. The average Bonchev–Trinajstić information content (AvgIpc) is 3.14. The number of phosphoric acid groups is 4. The van der Waals surface area contributed by atoms with Crippen LogP contribution in [0.15, 0.2) is 21.9 Å². The van der Waals surface area contributed by atoms with Crippen molar-refractivity contribution >= 4 is 31.3 Å². The average molecular weight is 726 g/mol. The molecule has 25 nitrogen and oxygen atoms in total. The van der Waals surface area contributed by atoms with Crippen molar-refractivity contribution in [1.29, 1.82) is 0 Å². The van der Waals surface area contributed by atoms with E-state index in [2.05, 4.69) is 22.0 Å². The highest BCUT2D eigenvalue weighted by Crippen LogP contribution is 2.71. The second kappa shape index (κ2) is 14.0. The molecule has 2 aliphatic heterocycles. The Balaban J connectivity index is 1.59. The van der Waals surface area contributed by atoms with Crippen molar-refractivity contribution in [2.45, 2.75) is 55.2 Å². The van der Waals surface area contributed by atoms with Gasteiger partial charge in [-0.2, -0.15) is 12.9 Å². The molecule has 254 valence electrons. The number of aliphatic hydroxyl groups is 6. The summed E-state index contributed by atoms with van der Waals surface area (Å²) in [7, 11) is -24.3. The predicted molar refractivity (Wildman–Crippen MR) is 131 cm³/mol. The smallest absolute Gasteiger partial charge is 0.394 e. The fourth-order valence-corrected chi connectivity index (χ4v) is 8.66. The van der Waals surface area contributed by atoms with Crippen molar-refractivity contribution in [1.82, 2.24) is 9.55 Å². The van der Waals surface area contributed by atoms with E-state index in [9.17, 15) is 73.0 Å². The van der Waals surface area contributed by atoms with Crippen LogP contribution in [0.5, 0.6) is 0 Å². The summed E-state index contributed by atoms with van der Waals surface area (Å²) in [5.41, 5.74) is -1.89. The van der Waals surface area contributed by atoms with Gasteiger partial charge < -0.3 is 59.7 Å². The Labute approximate surface area is 242 Å². The summed E-state index contributed by atoms with van der Waals surface area (Å²) in [4.78, 5) is 63.7. The van der Waals surface area contributed by atoms with Gasteiger partial charge in [0.2, 0.25) is 0 Å². The normalized spacial score (nSPS) is 36.5. The van der Waals surface area contributed by atoms with Gasteiger partial charge in [0, 0.05) is 12.3 Å². The summed E-state index contributed by atoms with van der Waals surface area (Å²) in [6.45, 7) is -2.23. The van der Waals surface area contributed by atoms with Gasteiger partial charge in [-0.05, 0) is 0 Å². The first-order valence-corrected chi connectivity index (χ1v) is 17.5. The third-order valence-electron chi connectivity index (χ3n) is 5.57. The number of nitrogens with one attached hydrogen (secondary N) is 1. The third-order valence-corrected chi connectivity index (χ3v) is 11.5. The molecule has 0 aliphatic carbocycles. The van der Waals surface area contributed by atoms with Gasteiger partial charge in [-0.1, -0.05) is 0 Å². The van der Waals surface area contributed by atoms with Gasteiger partial charge in [-0.25, -0.2) is 23.1 Å². The first-order chi connectivity index (χ1) is 20.1. The first-order valence-electron chi connectivity index (χ1n) is 11.5. The summed E-state index contributed by atoms with van der Waals surface area (Å²) >= 11 is 0. The molecule has 0 bridgehead atoms. The lowest BCUT2D eigenvalue weighted by Crippen LogP contribution is -2.58. The molecular formula is C15H26N2O23P4. The molecule has 13 atom stereocenters. The Morgan fingerprint density at radius 3 is 1.86 bits per heavy atom. The Morgan fingerprint density at radius 1 is 0.750 bits per heavy atom. The van der Waals surface area contributed by atoms with E-state index >= 15 is 0 Å². The molecule has 0 saturated carbocycles. The highest BCUT2D eigenvalue weighted by Gasteiger charge is 2.51. The molecule has 4 unspecified atom stereocenters. The molecule has 2 aliphatic rings. The topological polar surface area (TPSA) is 390 Å². The van der Waals surface area contributed by atoms with Gasteiger partial charge in [0.15, 0.2) is 12.5 Å².